The van der Waals surface area contributed by atoms with Crippen LogP contribution in [-0.2, 0) is 36.3 Å². The fourth-order valence-electron chi connectivity index (χ4n) is 7.13. The first-order valence-electron chi connectivity index (χ1n) is 17.1. The number of piperidine rings is 1. The van der Waals surface area contributed by atoms with E-state index in [0.717, 1.165) is 16.7 Å². The summed E-state index contributed by atoms with van der Waals surface area (Å²) in [5.74, 6) is -1.53. The highest BCUT2D eigenvalue weighted by molar-refractivity contribution is 5.96. The maximum Gasteiger partial charge on any atom is 0.307 e. The molecule has 11 nitrogen and oxygen atoms in total. The molecular weight excluding hydrogens is 624 g/mol. The quantitative estimate of drug-likeness (QED) is 0.282. The topological polar surface area (TPSA) is 136 Å². The van der Waals surface area contributed by atoms with Gasteiger partial charge < -0.3 is 29.6 Å². The third kappa shape index (κ3) is 7.77. The summed E-state index contributed by atoms with van der Waals surface area (Å²) in [6.45, 7) is 5.36. The maximum atomic E-state index is 14.6. The van der Waals surface area contributed by atoms with Gasteiger partial charge >= 0.3 is 5.97 Å². The van der Waals surface area contributed by atoms with Crippen molar-refractivity contribution in [3.8, 4) is 0 Å². The molecule has 3 aromatic rings. The molecule has 2 aromatic carbocycles. The minimum absolute atomic E-state index is 0.00671. The number of amides is 3. The molecule has 0 radical (unpaired) electrons. The number of hydrogen-bond donors (Lipinski definition) is 2. The van der Waals surface area contributed by atoms with Crippen molar-refractivity contribution >= 4 is 23.7 Å². The lowest BCUT2D eigenvalue weighted by Crippen LogP contribution is -2.53. The highest BCUT2D eigenvalue weighted by Crippen LogP contribution is 2.48. The van der Waals surface area contributed by atoms with Crippen molar-refractivity contribution in [3.63, 3.8) is 0 Å². The zero-order chi connectivity index (χ0) is 35.0. The Bertz CT molecular complexity index is 1700. The molecule has 1 fully saturated rings. The molecule has 3 atom stereocenters. The van der Waals surface area contributed by atoms with E-state index in [4.69, 9.17) is 9.47 Å². The van der Waals surface area contributed by atoms with Crippen LogP contribution in [0.25, 0.3) is 0 Å². The van der Waals surface area contributed by atoms with E-state index in [1.165, 1.54) is 10.6 Å². The number of fused-ring (bicyclic) bond motifs is 1. The lowest BCUT2D eigenvalue weighted by atomic mass is 9.62. The molecule has 11 heteroatoms. The SMILES string of the molecule is CCOC[C@H](CC(=O)OCC)NC(=O)[C@@]1(c2ccccc2)CC[C@H](C(=O)N2CCC(NC(=O)c3cccn(C)c3=O)CC2)c2ccccc21. The molecule has 1 aliphatic heterocycles. The van der Waals surface area contributed by atoms with Crippen LogP contribution in [0.1, 0.15) is 78.9 Å². The molecule has 260 valence electrons. The van der Waals surface area contributed by atoms with Gasteiger partial charge in [-0.25, -0.2) is 0 Å². The first-order valence-corrected chi connectivity index (χ1v) is 17.1. The molecule has 0 unspecified atom stereocenters. The molecule has 0 spiro atoms. The minimum atomic E-state index is -1.10. The summed E-state index contributed by atoms with van der Waals surface area (Å²) in [7, 11) is 1.61. The van der Waals surface area contributed by atoms with Crippen molar-refractivity contribution < 1.29 is 28.7 Å². The number of aromatic nitrogens is 1. The predicted molar refractivity (Wildman–Crippen MR) is 184 cm³/mol. The van der Waals surface area contributed by atoms with Gasteiger partial charge in [0.25, 0.3) is 11.5 Å². The number of aryl methyl sites for hydroxylation is 1. The lowest BCUT2D eigenvalue weighted by Gasteiger charge is -2.43. The summed E-state index contributed by atoms with van der Waals surface area (Å²) in [6, 6.07) is 19.7. The molecule has 1 saturated heterocycles. The van der Waals surface area contributed by atoms with Gasteiger partial charge in [-0.15, -0.1) is 0 Å². The minimum Gasteiger partial charge on any atom is -0.466 e. The first-order chi connectivity index (χ1) is 23.7. The Balaban J connectivity index is 1.36. The second kappa shape index (κ2) is 16.1. The number of hydrogen-bond acceptors (Lipinski definition) is 7. The van der Waals surface area contributed by atoms with Crippen LogP contribution in [0.2, 0.25) is 0 Å². The van der Waals surface area contributed by atoms with Gasteiger partial charge in [-0.1, -0.05) is 54.6 Å². The van der Waals surface area contributed by atoms with E-state index in [-0.39, 0.29) is 48.6 Å². The van der Waals surface area contributed by atoms with E-state index in [0.29, 0.717) is 45.4 Å². The molecule has 0 saturated carbocycles. The average molecular weight is 671 g/mol. The van der Waals surface area contributed by atoms with Crippen molar-refractivity contribution in [1.82, 2.24) is 20.1 Å². The van der Waals surface area contributed by atoms with Gasteiger partial charge in [-0.2, -0.15) is 0 Å². The van der Waals surface area contributed by atoms with Gasteiger partial charge in [0.05, 0.1) is 37.0 Å². The molecule has 5 rings (SSSR count). The Kier molecular flexibility index (Phi) is 11.7. The number of esters is 1. The van der Waals surface area contributed by atoms with Gasteiger partial charge in [0, 0.05) is 39.0 Å². The molecule has 1 aromatic heterocycles. The highest BCUT2D eigenvalue weighted by Gasteiger charge is 2.49. The number of carbonyl (C=O) groups is 4. The van der Waals surface area contributed by atoms with Crippen molar-refractivity contribution in [1.29, 1.82) is 0 Å². The number of nitrogens with zero attached hydrogens (tertiary/aromatic N) is 2. The second-order valence-electron chi connectivity index (χ2n) is 12.7. The van der Waals surface area contributed by atoms with Crippen molar-refractivity contribution in [2.45, 2.75) is 69.4 Å². The zero-order valence-electron chi connectivity index (χ0n) is 28.5. The van der Waals surface area contributed by atoms with Crippen molar-refractivity contribution in [2.24, 2.45) is 7.05 Å². The molecule has 0 bridgehead atoms. The van der Waals surface area contributed by atoms with Crippen LogP contribution in [0.3, 0.4) is 0 Å². The zero-order valence-corrected chi connectivity index (χ0v) is 28.5. The van der Waals surface area contributed by atoms with Gasteiger partial charge in [0.2, 0.25) is 11.8 Å². The number of likely N-dealkylation sites (tertiary alicyclic amines) is 1. The Morgan fingerprint density at radius 3 is 2.35 bits per heavy atom. The second-order valence-corrected chi connectivity index (χ2v) is 12.7. The van der Waals surface area contributed by atoms with Crippen LogP contribution in [0.5, 0.6) is 0 Å². The van der Waals surface area contributed by atoms with Crippen molar-refractivity contribution in [2.75, 3.05) is 32.9 Å². The van der Waals surface area contributed by atoms with Crippen LogP contribution in [0, 0.1) is 0 Å². The van der Waals surface area contributed by atoms with E-state index in [1.807, 2.05) is 66.4 Å². The summed E-state index contributed by atoms with van der Waals surface area (Å²) in [4.78, 5) is 68.3. The van der Waals surface area contributed by atoms with Gasteiger partial charge in [-0.05, 0) is 68.4 Å². The summed E-state index contributed by atoms with van der Waals surface area (Å²) in [5.41, 5.74) is 1.02. The van der Waals surface area contributed by atoms with E-state index in [2.05, 4.69) is 10.6 Å². The molecule has 1 aliphatic carbocycles. The maximum absolute atomic E-state index is 14.6. The number of ether oxygens (including phenoxy) is 2. The van der Waals surface area contributed by atoms with E-state index >= 15 is 0 Å². The molecule has 3 amide bonds. The van der Waals surface area contributed by atoms with Crippen molar-refractivity contribution in [3.05, 3.63) is 106 Å². The lowest BCUT2D eigenvalue weighted by molar-refractivity contribution is -0.144. The Labute approximate surface area is 287 Å². The Hall–Kier alpha value is -4.77. The number of benzene rings is 2. The van der Waals surface area contributed by atoms with E-state index < -0.39 is 29.3 Å². The number of pyridine rings is 1. The normalized spacial score (nSPS) is 19.7. The number of carbonyl (C=O) groups excluding carboxylic acids is 4. The van der Waals surface area contributed by atoms with Gasteiger partial charge in [-0.3, -0.25) is 24.0 Å². The fraction of sp³-hybridized carbons (Fsp3) is 0.447. The molecule has 49 heavy (non-hydrogen) atoms. The van der Waals surface area contributed by atoms with Crippen LogP contribution < -0.4 is 16.2 Å². The highest BCUT2D eigenvalue weighted by atomic mass is 16.5. The summed E-state index contributed by atoms with van der Waals surface area (Å²) < 4.78 is 12.2. The molecular formula is C38H46N4O7. The largest absolute Gasteiger partial charge is 0.466 e. The summed E-state index contributed by atoms with van der Waals surface area (Å²) in [5, 5.41) is 6.10. The van der Waals surface area contributed by atoms with Crippen LogP contribution in [0.15, 0.2) is 77.7 Å². The molecule has 2 N–H and O–H groups in total. The number of rotatable bonds is 12. The average Bonchev–Trinajstić information content (AvgIpc) is 3.11. The van der Waals surface area contributed by atoms with Crippen LogP contribution in [0.4, 0.5) is 0 Å². The smallest absolute Gasteiger partial charge is 0.307 e. The van der Waals surface area contributed by atoms with Crippen LogP contribution in [-0.4, -0.2) is 78.2 Å². The van der Waals surface area contributed by atoms with E-state index in [9.17, 15) is 24.0 Å². The third-order valence-electron chi connectivity index (χ3n) is 9.64. The fourth-order valence-corrected chi connectivity index (χ4v) is 7.13. The van der Waals surface area contributed by atoms with E-state index in [1.54, 1.807) is 26.2 Å². The molecule has 2 aliphatic rings. The predicted octanol–water partition coefficient (Wildman–Crippen LogP) is 3.44. The summed E-state index contributed by atoms with van der Waals surface area (Å²) in [6.07, 6.45) is 3.55. The van der Waals surface area contributed by atoms with Gasteiger partial charge in [0.1, 0.15) is 5.56 Å². The third-order valence-corrected chi connectivity index (χ3v) is 9.64. The van der Waals surface area contributed by atoms with Crippen LogP contribution >= 0.6 is 0 Å². The monoisotopic (exact) mass is 670 g/mol. The standard InChI is InChI=1S/C38H46N4O7/c1-4-48-25-28(24-33(43)49-5-2)40-37(47)38(26-12-7-6-8-13-26)20-17-30(29-14-9-10-16-32(29)38)36(46)42-22-18-27(19-23-42)39-34(44)31-15-11-21-41(3)35(31)45/h6-16,21,27-28,30H,4-5,17-20,22-25H2,1-3H3,(H,39,44)(H,40,47)/t28-,30-,38+/m0/s1. The van der Waals surface area contributed by atoms with Gasteiger partial charge in [0.15, 0.2) is 0 Å². The number of nitrogens with one attached hydrogen (secondary N) is 2. The Morgan fingerprint density at radius 2 is 1.63 bits per heavy atom. The molecule has 2 heterocycles. The first kappa shape index (κ1) is 35.5. The summed E-state index contributed by atoms with van der Waals surface area (Å²) >= 11 is 0. The Morgan fingerprint density at radius 1 is 0.918 bits per heavy atom.